The lowest BCUT2D eigenvalue weighted by atomic mass is 10.2. The lowest BCUT2D eigenvalue weighted by molar-refractivity contribution is -0.113. The van der Waals surface area contributed by atoms with Gasteiger partial charge in [0, 0.05) is 18.3 Å². The maximum atomic E-state index is 11.2. The lowest BCUT2D eigenvalue weighted by Crippen LogP contribution is -2.30. The molecule has 84 valence electrons. The van der Waals surface area contributed by atoms with E-state index >= 15 is 0 Å². The normalized spacial score (nSPS) is 19.4. The number of ketones is 1. The SMILES string of the molecule is CC(C)(C)OC(=O)NC=C1CNCC1=O. The fourth-order valence-electron chi connectivity index (χ4n) is 1.11. The number of amides is 1. The molecule has 0 radical (unpaired) electrons. The van der Waals surface area contributed by atoms with Gasteiger partial charge >= 0.3 is 6.09 Å². The molecule has 0 aromatic heterocycles. The topological polar surface area (TPSA) is 67.4 Å². The third-order valence-electron chi connectivity index (χ3n) is 1.72. The zero-order valence-corrected chi connectivity index (χ0v) is 9.22. The number of hydrogen-bond acceptors (Lipinski definition) is 4. The van der Waals surface area contributed by atoms with Gasteiger partial charge in [0.1, 0.15) is 5.60 Å². The van der Waals surface area contributed by atoms with Crippen LogP contribution in [0.5, 0.6) is 0 Å². The minimum Gasteiger partial charge on any atom is -0.444 e. The molecular formula is C10H16N2O3. The first-order chi connectivity index (χ1) is 6.88. The van der Waals surface area contributed by atoms with Gasteiger partial charge in [0.05, 0.1) is 6.54 Å². The van der Waals surface area contributed by atoms with E-state index in [2.05, 4.69) is 10.6 Å². The highest BCUT2D eigenvalue weighted by Gasteiger charge is 2.18. The highest BCUT2D eigenvalue weighted by Crippen LogP contribution is 2.06. The summed E-state index contributed by atoms with van der Waals surface area (Å²) in [7, 11) is 0. The van der Waals surface area contributed by atoms with Crippen LogP contribution in [0.3, 0.4) is 0 Å². The maximum absolute atomic E-state index is 11.2. The Morgan fingerprint density at radius 3 is 2.60 bits per heavy atom. The summed E-state index contributed by atoms with van der Waals surface area (Å²) in [4.78, 5) is 22.4. The van der Waals surface area contributed by atoms with Crippen LogP contribution in [0.15, 0.2) is 11.8 Å². The van der Waals surface area contributed by atoms with E-state index in [0.29, 0.717) is 18.7 Å². The van der Waals surface area contributed by atoms with E-state index < -0.39 is 11.7 Å². The summed E-state index contributed by atoms with van der Waals surface area (Å²) in [6, 6.07) is 0. The lowest BCUT2D eigenvalue weighted by Gasteiger charge is -2.18. The van der Waals surface area contributed by atoms with Crippen molar-refractivity contribution in [1.29, 1.82) is 0 Å². The average molecular weight is 212 g/mol. The van der Waals surface area contributed by atoms with Crippen molar-refractivity contribution in [3.63, 3.8) is 0 Å². The van der Waals surface area contributed by atoms with Crippen LogP contribution in [0, 0.1) is 0 Å². The molecule has 0 unspecified atom stereocenters. The van der Waals surface area contributed by atoms with Gasteiger partial charge in [0.15, 0.2) is 5.78 Å². The summed E-state index contributed by atoms with van der Waals surface area (Å²) in [5, 5.41) is 5.31. The van der Waals surface area contributed by atoms with Gasteiger partial charge < -0.3 is 10.1 Å². The van der Waals surface area contributed by atoms with Gasteiger partial charge in [-0.05, 0) is 20.8 Å². The van der Waals surface area contributed by atoms with Crippen LogP contribution in [0.4, 0.5) is 4.79 Å². The van der Waals surface area contributed by atoms with Crippen molar-refractivity contribution in [2.45, 2.75) is 26.4 Å². The Morgan fingerprint density at radius 1 is 1.47 bits per heavy atom. The molecule has 2 N–H and O–H groups in total. The fourth-order valence-corrected chi connectivity index (χ4v) is 1.11. The molecule has 0 bridgehead atoms. The molecule has 0 atom stereocenters. The van der Waals surface area contributed by atoms with E-state index in [1.807, 2.05) is 0 Å². The Balaban J connectivity index is 2.43. The van der Waals surface area contributed by atoms with Gasteiger partial charge in [0.2, 0.25) is 0 Å². The maximum Gasteiger partial charge on any atom is 0.411 e. The van der Waals surface area contributed by atoms with Crippen molar-refractivity contribution in [2.75, 3.05) is 13.1 Å². The highest BCUT2D eigenvalue weighted by atomic mass is 16.6. The molecule has 0 spiro atoms. The number of ether oxygens (including phenoxy) is 1. The van der Waals surface area contributed by atoms with Gasteiger partial charge in [0.25, 0.3) is 0 Å². The molecular weight excluding hydrogens is 196 g/mol. The first-order valence-electron chi connectivity index (χ1n) is 4.81. The van der Waals surface area contributed by atoms with Crippen molar-refractivity contribution in [3.05, 3.63) is 11.8 Å². The molecule has 5 nitrogen and oxygen atoms in total. The van der Waals surface area contributed by atoms with Gasteiger partial charge in [-0.3, -0.25) is 10.1 Å². The molecule has 1 aliphatic rings. The molecule has 1 saturated heterocycles. The van der Waals surface area contributed by atoms with E-state index in [9.17, 15) is 9.59 Å². The quantitative estimate of drug-likeness (QED) is 0.623. The number of nitrogens with one attached hydrogen (secondary N) is 2. The summed E-state index contributed by atoms with van der Waals surface area (Å²) in [6.07, 6.45) is 0.853. The van der Waals surface area contributed by atoms with Crippen LogP contribution in [-0.2, 0) is 9.53 Å². The van der Waals surface area contributed by atoms with Crippen LogP contribution < -0.4 is 10.6 Å². The van der Waals surface area contributed by atoms with Crippen LogP contribution in [0.25, 0.3) is 0 Å². The molecule has 1 aliphatic heterocycles. The Kier molecular flexibility index (Phi) is 3.47. The summed E-state index contributed by atoms with van der Waals surface area (Å²) in [5.41, 5.74) is 0.0430. The van der Waals surface area contributed by atoms with Gasteiger partial charge in [-0.15, -0.1) is 0 Å². The van der Waals surface area contributed by atoms with Crippen LogP contribution in [-0.4, -0.2) is 30.6 Å². The van der Waals surface area contributed by atoms with Gasteiger partial charge in [-0.2, -0.15) is 0 Å². The second-order valence-corrected chi connectivity index (χ2v) is 4.34. The standard InChI is InChI=1S/C10H16N2O3/c1-10(2,3)15-9(14)12-5-7-4-11-6-8(7)13/h5,11H,4,6H2,1-3H3,(H,12,14). The highest BCUT2D eigenvalue weighted by molar-refractivity contribution is 5.99. The van der Waals surface area contributed by atoms with Gasteiger partial charge in [-0.25, -0.2) is 4.79 Å². The minimum atomic E-state index is -0.547. The molecule has 1 fully saturated rings. The fraction of sp³-hybridized carbons (Fsp3) is 0.600. The first-order valence-corrected chi connectivity index (χ1v) is 4.81. The zero-order chi connectivity index (χ0) is 11.5. The minimum absolute atomic E-state index is 0.00561. The smallest absolute Gasteiger partial charge is 0.411 e. The van der Waals surface area contributed by atoms with Crippen LogP contribution >= 0.6 is 0 Å². The predicted molar refractivity (Wildman–Crippen MR) is 55.3 cm³/mol. The van der Waals surface area contributed by atoms with E-state index in [1.165, 1.54) is 6.20 Å². The summed E-state index contributed by atoms with van der Waals surface area (Å²) < 4.78 is 5.01. The second kappa shape index (κ2) is 4.44. The Morgan fingerprint density at radius 2 is 2.13 bits per heavy atom. The zero-order valence-electron chi connectivity index (χ0n) is 9.22. The molecule has 15 heavy (non-hydrogen) atoms. The van der Waals surface area contributed by atoms with E-state index in [0.717, 1.165) is 0 Å². The molecule has 5 heteroatoms. The molecule has 0 aliphatic carbocycles. The first kappa shape index (κ1) is 11.7. The Labute approximate surface area is 88.9 Å². The second-order valence-electron chi connectivity index (χ2n) is 4.34. The monoisotopic (exact) mass is 212 g/mol. The Hall–Kier alpha value is -1.36. The summed E-state index contributed by atoms with van der Waals surface area (Å²) in [6.45, 7) is 6.17. The van der Waals surface area contributed by atoms with Crippen molar-refractivity contribution >= 4 is 11.9 Å². The van der Waals surface area contributed by atoms with Crippen molar-refractivity contribution in [1.82, 2.24) is 10.6 Å². The van der Waals surface area contributed by atoms with E-state index in [-0.39, 0.29) is 5.78 Å². The molecule has 0 aromatic rings. The predicted octanol–water partition coefficient (Wildman–Crippen LogP) is 0.567. The van der Waals surface area contributed by atoms with Crippen molar-refractivity contribution < 1.29 is 14.3 Å². The van der Waals surface area contributed by atoms with E-state index in [1.54, 1.807) is 20.8 Å². The van der Waals surface area contributed by atoms with Gasteiger partial charge in [-0.1, -0.05) is 0 Å². The molecule has 1 heterocycles. The molecule has 0 aromatic carbocycles. The third kappa shape index (κ3) is 4.12. The largest absolute Gasteiger partial charge is 0.444 e. The summed E-state index contributed by atoms with van der Waals surface area (Å²) in [5.74, 6) is 0.00561. The number of Topliss-reactive ketones (excluding diaryl/α,β-unsaturated/α-hetero) is 1. The number of carbonyl (C=O) groups excluding carboxylic acids is 2. The van der Waals surface area contributed by atoms with Crippen molar-refractivity contribution in [2.24, 2.45) is 0 Å². The molecule has 1 amide bonds. The molecule has 0 saturated carbocycles. The number of rotatable bonds is 1. The summed E-state index contributed by atoms with van der Waals surface area (Å²) >= 11 is 0. The van der Waals surface area contributed by atoms with Crippen molar-refractivity contribution in [3.8, 4) is 0 Å². The number of hydrogen-bond donors (Lipinski definition) is 2. The van der Waals surface area contributed by atoms with Crippen LogP contribution in [0.2, 0.25) is 0 Å². The number of alkyl carbamates (subject to hydrolysis) is 1. The Bertz CT molecular complexity index is 302. The third-order valence-corrected chi connectivity index (χ3v) is 1.72. The average Bonchev–Trinajstić information content (AvgIpc) is 2.44. The number of carbonyl (C=O) groups is 2. The van der Waals surface area contributed by atoms with Crippen LogP contribution in [0.1, 0.15) is 20.8 Å². The molecule has 1 rings (SSSR count). The van der Waals surface area contributed by atoms with E-state index in [4.69, 9.17) is 4.74 Å².